The third-order valence-electron chi connectivity index (χ3n) is 2.24. The third kappa shape index (κ3) is 2.81. The van der Waals surface area contributed by atoms with Crippen LogP contribution in [0.2, 0.25) is 0 Å². The first-order valence-corrected chi connectivity index (χ1v) is 4.92. The first kappa shape index (κ1) is 12.2. The third-order valence-corrected chi connectivity index (χ3v) is 2.24. The molecule has 0 aliphatic heterocycles. The molecule has 0 atom stereocenters. The number of amides is 1. The lowest BCUT2D eigenvalue weighted by molar-refractivity contribution is -0.121. The molecule has 2 N–H and O–H groups in total. The minimum atomic E-state index is -1.05. The molecule has 16 heavy (non-hydrogen) atoms. The van der Waals surface area contributed by atoms with Crippen molar-refractivity contribution in [1.82, 2.24) is 0 Å². The monoisotopic (exact) mass is 218 g/mol. The van der Waals surface area contributed by atoms with Crippen LogP contribution in [-0.4, -0.2) is 11.0 Å². The summed E-state index contributed by atoms with van der Waals surface area (Å²) < 4.78 is 0. The van der Waals surface area contributed by atoms with E-state index < -0.39 is 5.41 Å². The fourth-order valence-corrected chi connectivity index (χ4v) is 1.03. The summed E-state index contributed by atoms with van der Waals surface area (Å²) in [7, 11) is 0. The van der Waals surface area contributed by atoms with Gasteiger partial charge in [0, 0.05) is 5.69 Å². The van der Waals surface area contributed by atoms with Crippen molar-refractivity contribution >= 4 is 11.6 Å². The van der Waals surface area contributed by atoms with Gasteiger partial charge in [-0.05, 0) is 31.5 Å². The minimum absolute atomic E-state index is 0.0298. The van der Waals surface area contributed by atoms with E-state index in [2.05, 4.69) is 5.32 Å². The summed E-state index contributed by atoms with van der Waals surface area (Å²) in [6.07, 6.45) is 0. The molecule has 4 heteroatoms. The lowest BCUT2D eigenvalue weighted by Gasteiger charge is -2.14. The van der Waals surface area contributed by atoms with E-state index in [0.717, 1.165) is 5.56 Å². The first-order chi connectivity index (χ1) is 7.49. The predicted octanol–water partition coefficient (Wildman–Crippen LogP) is 1.67. The van der Waals surface area contributed by atoms with Crippen molar-refractivity contribution < 1.29 is 9.90 Å². The summed E-state index contributed by atoms with van der Waals surface area (Å²) in [6.45, 7) is 3.09. The second-order valence-electron chi connectivity index (χ2n) is 4.05. The molecule has 1 rings (SSSR count). The largest absolute Gasteiger partial charge is 0.392 e. The number of hydrogen-bond acceptors (Lipinski definition) is 3. The minimum Gasteiger partial charge on any atom is -0.392 e. The molecule has 0 saturated carbocycles. The number of nitrogens with zero attached hydrogens (tertiary/aromatic N) is 1. The van der Waals surface area contributed by atoms with E-state index in [4.69, 9.17) is 10.4 Å². The summed E-state index contributed by atoms with van der Waals surface area (Å²) >= 11 is 0. The number of anilines is 1. The van der Waals surface area contributed by atoms with Gasteiger partial charge in [-0.1, -0.05) is 12.1 Å². The van der Waals surface area contributed by atoms with Crippen molar-refractivity contribution in [3.63, 3.8) is 0 Å². The molecule has 0 bridgehead atoms. The zero-order valence-corrected chi connectivity index (χ0v) is 9.32. The number of nitrogens with one attached hydrogen (secondary N) is 1. The van der Waals surface area contributed by atoms with Gasteiger partial charge >= 0.3 is 0 Å². The van der Waals surface area contributed by atoms with Crippen molar-refractivity contribution in [1.29, 1.82) is 5.26 Å². The molecule has 0 aliphatic rings. The van der Waals surface area contributed by atoms with E-state index in [-0.39, 0.29) is 12.5 Å². The van der Waals surface area contributed by atoms with Gasteiger partial charge in [0.25, 0.3) is 0 Å². The molecule has 0 aliphatic carbocycles. The lowest BCUT2D eigenvalue weighted by atomic mass is 9.94. The smallest absolute Gasteiger partial charge is 0.244 e. The van der Waals surface area contributed by atoms with E-state index >= 15 is 0 Å². The summed E-state index contributed by atoms with van der Waals surface area (Å²) in [6, 6.07) is 8.75. The number of carbonyl (C=O) groups is 1. The lowest BCUT2D eigenvalue weighted by Crippen LogP contribution is -2.29. The average molecular weight is 218 g/mol. The van der Waals surface area contributed by atoms with Gasteiger partial charge in [-0.25, -0.2) is 0 Å². The maximum atomic E-state index is 11.6. The summed E-state index contributed by atoms with van der Waals surface area (Å²) in [4.78, 5) is 11.6. The molecule has 0 fully saturated rings. The summed E-state index contributed by atoms with van der Waals surface area (Å²) in [5, 5.41) is 20.3. The Hall–Kier alpha value is -1.86. The van der Waals surface area contributed by atoms with Crippen LogP contribution in [0, 0.1) is 16.7 Å². The molecule has 0 radical (unpaired) electrons. The van der Waals surface area contributed by atoms with E-state index in [9.17, 15) is 4.79 Å². The van der Waals surface area contributed by atoms with Gasteiger partial charge in [-0.3, -0.25) is 4.79 Å². The van der Waals surface area contributed by atoms with Crippen molar-refractivity contribution in [3.8, 4) is 6.07 Å². The highest BCUT2D eigenvalue weighted by Gasteiger charge is 2.27. The number of rotatable bonds is 3. The molecule has 0 aromatic heterocycles. The zero-order chi connectivity index (χ0) is 12.2. The van der Waals surface area contributed by atoms with Gasteiger partial charge in [0.2, 0.25) is 5.91 Å². The van der Waals surface area contributed by atoms with Crippen molar-refractivity contribution in [3.05, 3.63) is 29.8 Å². The van der Waals surface area contributed by atoms with Gasteiger partial charge in [0.1, 0.15) is 5.41 Å². The molecule has 1 aromatic carbocycles. The molecular formula is C12H14N2O2. The van der Waals surface area contributed by atoms with Crippen LogP contribution in [0.25, 0.3) is 0 Å². The number of aliphatic hydroxyl groups is 1. The normalized spacial score (nSPS) is 10.6. The molecular weight excluding hydrogens is 204 g/mol. The Morgan fingerprint density at radius 3 is 2.44 bits per heavy atom. The highest BCUT2D eigenvalue weighted by atomic mass is 16.3. The van der Waals surface area contributed by atoms with Crippen molar-refractivity contribution in [2.75, 3.05) is 5.32 Å². The van der Waals surface area contributed by atoms with Crippen molar-refractivity contribution in [2.24, 2.45) is 5.41 Å². The SMILES string of the molecule is CC(C)(C#N)C(=O)Nc1ccc(CO)cc1. The molecule has 0 unspecified atom stereocenters. The fourth-order valence-electron chi connectivity index (χ4n) is 1.03. The second-order valence-corrected chi connectivity index (χ2v) is 4.05. The fraction of sp³-hybridized carbons (Fsp3) is 0.333. The Kier molecular flexibility index (Phi) is 3.64. The Bertz CT molecular complexity index is 416. The molecule has 4 nitrogen and oxygen atoms in total. The maximum absolute atomic E-state index is 11.6. The van der Waals surface area contributed by atoms with E-state index in [0.29, 0.717) is 5.69 Å². The van der Waals surface area contributed by atoms with Crippen LogP contribution in [0.3, 0.4) is 0 Å². The standard InChI is InChI=1S/C12H14N2O2/c1-12(2,8-13)11(16)14-10-5-3-9(7-15)4-6-10/h3-6,15H,7H2,1-2H3,(H,14,16). The summed E-state index contributed by atoms with van der Waals surface area (Å²) in [5.74, 6) is -0.341. The van der Waals surface area contributed by atoms with Crippen LogP contribution in [-0.2, 0) is 11.4 Å². The van der Waals surface area contributed by atoms with Crippen molar-refractivity contribution in [2.45, 2.75) is 20.5 Å². The maximum Gasteiger partial charge on any atom is 0.244 e. The molecule has 0 spiro atoms. The van der Waals surface area contributed by atoms with Gasteiger partial charge in [0.15, 0.2) is 0 Å². The Labute approximate surface area is 94.5 Å². The number of benzene rings is 1. The highest BCUT2D eigenvalue weighted by Crippen LogP contribution is 2.17. The quantitative estimate of drug-likeness (QED) is 0.810. The highest BCUT2D eigenvalue weighted by molar-refractivity contribution is 5.96. The van der Waals surface area contributed by atoms with Gasteiger partial charge in [-0.2, -0.15) is 5.26 Å². The Morgan fingerprint density at radius 1 is 1.44 bits per heavy atom. The number of hydrogen-bond donors (Lipinski definition) is 2. The van der Waals surface area contributed by atoms with E-state index in [1.54, 1.807) is 38.1 Å². The van der Waals surface area contributed by atoms with E-state index in [1.165, 1.54) is 0 Å². The van der Waals surface area contributed by atoms with Crippen LogP contribution < -0.4 is 5.32 Å². The number of nitriles is 1. The molecule has 0 heterocycles. The van der Waals surface area contributed by atoms with Crippen LogP contribution in [0.1, 0.15) is 19.4 Å². The van der Waals surface area contributed by atoms with Gasteiger partial charge in [-0.15, -0.1) is 0 Å². The van der Waals surface area contributed by atoms with Gasteiger partial charge < -0.3 is 10.4 Å². The number of aliphatic hydroxyl groups excluding tert-OH is 1. The molecule has 1 aromatic rings. The molecule has 0 saturated heterocycles. The predicted molar refractivity (Wildman–Crippen MR) is 60.4 cm³/mol. The molecule has 84 valence electrons. The van der Waals surface area contributed by atoms with Gasteiger partial charge in [0.05, 0.1) is 12.7 Å². The Balaban J connectivity index is 2.75. The number of carbonyl (C=O) groups excluding carboxylic acids is 1. The van der Waals surface area contributed by atoms with Crippen LogP contribution in [0.15, 0.2) is 24.3 Å². The molecule has 1 amide bonds. The topological polar surface area (TPSA) is 73.1 Å². The summed E-state index contributed by atoms with van der Waals surface area (Å²) in [5.41, 5.74) is 0.346. The Morgan fingerprint density at radius 2 is 2.00 bits per heavy atom. The van der Waals surface area contributed by atoms with Crippen LogP contribution >= 0.6 is 0 Å². The van der Waals surface area contributed by atoms with Crippen LogP contribution in [0.5, 0.6) is 0 Å². The average Bonchev–Trinajstić information content (AvgIpc) is 2.30. The second kappa shape index (κ2) is 4.77. The first-order valence-electron chi connectivity index (χ1n) is 4.92. The zero-order valence-electron chi connectivity index (χ0n) is 9.32. The van der Waals surface area contributed by atoms with E-state index in [1.807, 2.05) is 6.07 Å². The van der Waals surface area contributed by atoms with Crippen LogP contribution in [0.4, 0.5) is 5.69 Å².